The molecule has 0 amide bonds. The summed E-state index contributed by atoms with van der Waals surface area (Å²) in [6.07, 6.45) is 0. The third-order valence-electron chi connectivity index (χ3n) is 4.12. The van der Waals surface area contributed by atoms with Crippen molar-refractivity contribution < 1.29 is 5.11 Å². The summed E-state index contributed by atoms with van der Waals surface area (Å²) < 4.78 is 1.88. The van der Waals surface area contributed by atoms with Gasteiger partial charge in [0, 0.05) is 30.4 Å². The van der Waals surface area contributed by atoms with Crippen molar-refractivity contribution in [3.8, 4) is 0 Å². The third kappa shape index (κ3) is 4.64. The number of rotatable bonds is 8. The number of hydrogen-bond donors (Lipinski definition) is 2. The van der Waals surface area contributed by atoms with Crippen LogP contribution in [0.15, 0.2) is 30.3 Å². The van der Waals surface area contributed by atoms with Crippen LogP contribution in [0.25, 0.3) is 0 Å². The summed E-state index contributed by atoms with van der Waals surface area (Å²) in [5.74, 6) is 0. The molecule has 0 aliphatic carbocycles. The minimum absolute atomic E-state index is 0.113. The van der Waals surface area contributed by atoms with Gasteiger partial charge in [0.05, 0.1) is 18.8 Å². The van der Waals surface area contributed by atoms with Crippen LogP contribution in [0.2, 0.25) is 0 Å². The van der Waals surface area contributed by atoms with Gasteiger partial charge in [-0.15, -0.1) is 0 Å². The van der Waals surface area contributed by atoms with Crippen molar-refractivity contribution in [1.82, 2.24) is 20.0 Å². The molecule has 2 aromatic rings. The minimum atomic E-state index is 0.113. The van der Waals surface area contributed by atoms with E-state index in [1.165, 1.54) is 11.1 Å². The zero-order valence-electron chi connectivity index (χ0n) is 14.6. The van der Waals surface area contributed by atoms with E-state index in [1.807, 2.05) is 17.7 Å². The van der Waals surface area contributed by atoms with Crippen LogP contribution in [-0.4, -0.2) is 47.0 Å². The highest BCUT2D eigenvalue weighted by Crippen LogP contribution is 2.17. The molecule has 0 saturated heterocycles. The van der Waals surface area contributed by atoms with E-state index in [1.54, 1.807) is 0 Å². The van der Waals surface area contributed by atoms with Gasteiger partial charge >= 0.3 is 0 Å². The lowest BCUT2D eigenvalue weighted by molar-refractivity contribution is 0.267. The average molecular weight is 316 g/mol. The van der Waals surface area contributed by atoms with Crippen molar-refractivity contribution >= 4 is 0 Å². The molecule has 0 saturated carbocycles. The predicted molar refractivity (Wildman–Crippen MR) is 93.4 cm³/mol. The number of aliphatic hydroxyl groups is 1. The summed E-state index contributed by atoms with van der Waals surface area (Å²) in [7, 11) is 4.18. The molecule has 0 radical (unpaired) electrons. The topological polar surface area (TPSA) is 53.3 Å². The fraction of sp³-hybridized carbons (Fsp3) is 0.500. The Balaban J connectivity index is 2.12. The zero-order chi connectivity index (χ0) is 16.8. The fourth-order valence-corrected chi connectivity index (χ4v) is 2.87. The second kappa shape index (κ2) is 8.24. The van der Waals surface area contributed by atoms with E-state index in [-0.39, 0.29) is 12.6 Å². The molecule has 1 unspecified atom stereocenters. The highest BCUT2D eigenvalue weighted by atomic mass is 16.3. The molecule has 126 valence electrons. The number of aromatic nitrogens is 2. The molecule has 5 heteroatoms. The second-order valence-electron chi connectivity index (χ2n) is 6.20. The lowest BCUT2D eigenvalue weighted by atomic mass is 10.1. The van der Waals surface area contributed by atoms with Crippen molar-refractivity contribution in [2.45, 2.75) is 33.0 Å². The van der Waals surface area contributed by atoms with Gasteiger partial charge in [0.25, 0.3) is 0 Å². The van der Waals surface area contributed by atoms with E-state index in [4.69, 9.17) is 5.11 Å². The molecule has 1 aromatic heterocycles. The van der Waals surface area contributed by atoms with Gasteiger partial charge in [0.1, 0.15) is 0 Å². The van der Waals surface area contributed by atoms with E-state index >= 15 is 0 Å². The molecule has 0 bridgehead atoms. The number of aliphatic hydroxyl groups excluding tert-OH is 1. The molecule has 5 nitrogen and oxygen atoms in total. The Bertz CT molecular complexity index is 607. The lowest BCUT2D eigenvalue weighted by Gasteiger charge is -2.23. The molecule has 0 aliphatic rings. The maximum absolute atomic E-state index is 9.13. The quantitative estimate of drug-likeness (QED) is 0.781. The minimum Gasteiger partial charge on any atom is -0.394 e. The Kier molecular flexibility index (Phi) is 6.33. The number of nitrogens with zero attached hydrogens (tertiary/aromatic N) is 3. The average Bonchev–Trinajstić information content (AvgIpc) is 2.79. The summed E-state index contributed by atoms with van der Waals surface area (Å²) in [6.45, 7) is 6.47. The van der Waals surface area contributed by atoms with Gasteiger partial charge in [-0.25, -0.2) is 0 Å². The molecular weight excluding hydrogens is 288 g/mol. The molecule has 0 spiro atoms. The monoisotopic (exact) mass is 316 g/mol. The van der Waals surface area contributed by atoms with Gasteiger partial charge < -0.3 is 15.3 Å². The van der Waals surface area contributed by atoms with Crippen LogP contribution in [0.5, 0.6) is 0 Å². The summed E-state index contributed by atoms with van der Waals surface area (Å²) in [5.41, 5.74) is 4.67. The number of nitrogens with one attached hydrogen (secondary N) is 1. The largest absolute Gasteiger partial charge is 0.394 e. The highest BCUT2D eigenvalue weighted by molar-refractivity contribution is 5.25. The number of likely N-dealkylation sites (N-methyl/N-ethyl adjacent to an activating group) is 1. The van der Waals surface area contributed by atoms with Gasteiger partial charge in [-0.3, -0.25) is 4.68 Å². The summed E-state index contributed by atoms with van der Waals surface area (Å²) in [6, 6.07) is 10.8. The highest BCUT2D eigenvalue weighted by Gasteiger charge is 2.15. The van der Waals surface area contributed by atoms with Crippen LogP contribution in [0.3, 0.4) is 0 Å². The van der Waals surface area contributed by atoms with Crippen molar-refractivity contribution in [2.75, 3.05) is 27.2 Å². The first-order valence-corrected chi connectivity index (χ1v) is 8.09. The zero-order valence-corrected chi connectivity index (χ0v) is 14.6. The fourth-order valence-electron chi connectivity index (χ4n) is 2.87. The first kappa shape index (κ1) is 17.7. The second-order valence-corrected chi connectivity index (χ2v) is 6.20. The molecule has 1 atom stereocenters. The maximum atomic E-state index is 9.13. The Morgan fingerprint density at radius 2 is 1.91 bits per heavy atom. The van der Waals surface area contributed by atoms with E-state index in [0.717, 1.165) is 24.5 Å². The Hall–Kier alpha value is -1.69. The molecule has 1 aromatic carbocycles. The molecule has 0 aliphatic heterocycles. The number of hydrogen-bond acceptors (Lipinski definition) is 4. The van der Waals surface area contributed by atoms with Gasteiger partial charge in [-0.1, -0.05) is 30.3 Å². The third-order valence-corrected chi connectivity index (χ3v) is 4.12. The van der Waals surface area contributed by atoms with Crippen LogP contribution < -0.4 is 5.32 Å². The van der Waals surface area contributed by atoms with Crippen molar-refractivity contribution in [3.63, 3.8) is 0 Å². The normalized spacial score (nSPS) is 12.8. The number of benzene rings is 1. The van der Waals surface area contributed by atoms with Crippen molar-refractivity contribution in [3.05, 3.63) is 52.8 Å². The maximum Gasteiger partial charge on any atom is 0.0644 e. The molecule has 0 fully saturated rings. The van der Waals surface area contributed by atoms with E-state index in [0.29, 0.717) is 6.54 Å². The molecule has 2 N–H and O–H groups in total. The molecule has 1 heterocycles. The van der Waals surface area contributed by atoms with E-state index in [2.05, 4.69) is 60.6 Å². The van der Waals surface area contributed by atoms with Gasteiger partial charge in [0.15, 0.2) is 0 Å². The van der Waals surface area contributed by atoms with E-state index in [9.17, 15) is 0 Å². The standard InChI is InChI=1S/C18H28N4O/c1-14-17(15(2)22(20-14)10-11-23)12-19-18(13-21(3)4)16-8-6-5-7-9-16/h5-9,18-19,23H,10-13H2,1-4H3. The van der Waals surface area contributed by atoms with Gasteiger partial charge in [-0.2, -0.15) is 5.10 Å². The summed E-state index contributed by atoms with van der Waals surface area (Å²) >= 11 is 0. The van der Waals surface area contributed by atoms with Crippen LogP contribution in [0.1, 0.15) is 28.6 Å². The van der Waals surface area contributed by atoms with Crippen molar-refractivity contribution in [2.24, 2.45) is 0 Å². The van der Waals surface area contributed by atoms with Crippen LogP contribution >= 0.6 is 0 Å². The molecular formula is C18H28N4O. The van der Waals surface area contributed by atoms with Gasteiger partial charge in [0.2, 0.25) is 0 Å². The molecule has 23 heavy (non-hydrogen) atoms. The van der Waals surface area contributed by atoms with E-state index < -0.39 is 0 Å². The summed E-state index contributed by atoms with van der Waals surface area (Å²) in [5, 5.41) is 17.3. The Labute approximate surface area is 138 Å². The summed E-state index contributed by atoms with van der Waals surface area (Å²) in [4.78, 5) is 2.19. The number of aryl methyl sites for hydroxylation is 1. The van der Waals surface area contributed by atoms with Crippen molar-refractivity contribution in [1.29, 1.82) is 0 Å². The first-order valence-electron chi connectivity index (χ1n) is 8.09. The Morgan fingerprint density at radius 3 is 2.52 bits per heavy atom. The van der Waals surface area contributed by atoms with Crippen LogP contribution in [0, 0.1) is 13.8 Å². The first-order chi connectivity index (χ1) is 11.0. The lowest BCUT2D eigenvalue weighted by Crippen LogP contribution is -2.31. The van der Waals surface area contributed by atoms with Gasteiger partial charge in [-0.05, 0) is 33.5 Å². The Morgan fingerprint density at radius 1 is 1.22 bits per heavy atom. The predicted octanol–water partition coefficient (Wildman–Crippen LogP) is 1.88. The van der Waals surface area contributed by atoms with Crippen LogP contribution in [0.4, 0.5) is 0 Å². The smallest absolute Gasteiger partial charge is 0.0644 e. The molecule has 2 rings (SSSR count). The SMILES string of the molecule is Cc1nn(CCO)c(C)c1CNC(CN(C)C)c1ccccc1. The van der Waals surface area contributed by atoms with Crippen LogP contribution in [-0.2, 0) is 13.1 Å².